The summed E-state index contributed by atoms with van der Waals surface area (Å²) < 4.78 is 4.96. The number of imide groups is 1. The highest BCUT2D eigenvalue weighted by molar-refractivity contribution is 6.12. The Kier molecular flexibility index (Phi) is 3.68. The highest BCUT2D eigenvalue weighted by Crippen LogP contribution is 2.42. The molecule has 4 atom stereocenters. The number of carbonyl (C=O) groups is 4. The van der Waals surface area contributed by atoms with Crippen molar-refractivity contribution < 1.29 is 23.9 Å². The highest BCUT2D eigenvalue weighted by Gasteiger charge is 2.61. The minimum atomic E-state index is -0.864. The van der Waals surface area contributed by atoms with Gasteiger partial charge >= 0.3 is 5.97 Å². The molecule has 3 heterocycles. The van der Waals surface area contributed by atoms with Crippen LogP contribution in [0.1, 0.15) is 17.3 Å². The van der Waals surface area contributed by atoms with Crippen LogP contribution in [-0.4, -0.2) is 46.9 Å². The van der Waals surface area contributed by atoms with Gasteiger partial charge in [0.25, 0.3) is 0 Å². The molecule has 0 aromatic heterocycles. The van der Waals surface area contributed by atoms with Gasteiger partial charge < -0.3 is 4.74 Å². The van der Waals surface area contributed by atoms with E-state index >= 15 is 0 Å². The summed E-state index contributed by atoms with van der Waals surface area (Å²) in [6.45, 7) is 1.29. The predicted molar refractivity (Wildman–Crippen MR) is 89.3 cm³/mol. The molecule has 0 radical (unpaired) electrons. The maximum Gasteiger partial charge on any atom is 0.308 e. The Bertz CT molecular complexity index is 873. The zero-order chi connectivity index (χ0) is 18.4. The van der Waals surface area contributed by atoms with Crippen LogP contribution in [0.3, 0.4) is 0 Å². The number of hydrogen-bond acceptors (Lipinski definition) is 7. The third-order valence-corrected chi connectivity index (χ3v) is 4.80. The summed E-state index contributed by atoms with van der Waals surface area (Å²) in [5, 5.41) is 8.08. The number of carbonyl (C=O) groups excluding carboxylic acids is 4. The van der Waals surface area contributed by atoms with Crippen LogP contribution in [0, 0.1) is 11.8 Å². The summed E-state index contributed by atoms with van der Waals surface area (Å²) in [6.07, 6.45) is 5.01. The lowest BCUT2D eigenvalue weighted by Crippen LogP contribution is -2.44. The van der Waals surface area contributed by atoms with Crippen molar-refractivity contribution in [3.8, 4) is 5.75 Å². The first-order valence-corrected chi connectivity index (χ1v) is 8.14. The third-order valence-electron chi connectivity index (χ3n) is 4.80. The van der Waals surface area contributed by atoms with Crippen LogP contribution in [0.4, 0.5) is 0 Å². The van der Waals surface area contributed by atoms with Gasteiger partial charge in [0, 0.05) is 18.7 Å². The summed E-state index contributed by atoms with van der Waals surface area (Å²) in [7, 11) is 0. The van der Waals surface area contributed by atoms with Crippen LogP contribution in [0.25, 0.3) is 0 Å². The SMILES string of the molecule is CC(=O)Oc1ccc(C(=O)[C@@H]2[C@H]3C(=O)NC(=O)[C@H]3[C@@H]3C=CC=NN23)cc1. The molecule has 3 aliphatic heterocycles. The molecular formula is C18H15N3O5. The van der Waals surface area contributed by atoms with Crippen molar-refractivity contribution in [3.05, 3.63) is 42.0 Å². The maximum absolute atomic E-state index is 13.1. The molecule has 2 amide bonds. The number of hydrazone groups is 1. The molecule has 3 aliphatic rings. The van der Waals surface area contributed by atoms with Gasteiger partial charge in [0.2, 0.25) is 11.8 Å². The minimum absolute atomic E-state index is 0.311. The summed E-state index contributed by atoms with van der Waals surface area (Å²) >= 11 is 0. The number of amides is 2. The number of benzene rings is 1. The van der Waals surface area contributed by atoms with Gasteiger partial charge in [0.05, 0.1) is 17.9 Å². The van der Waals surface area contributed by atoms with E-state index in [2.05, 4.69) is 10.4 Å². The van der Waals surface area contributed by atoms with Crippen LogP contribution < -0.4 is 10.1 Å². The van der Waals surface area contributed by atoms with Crippen LogP contribution in [0.5, 0.6) is 5.75 Å². The van der Waals surface area contributed by atoms with Crippen molar-refractivity contribution in [2.75, 3.05) is 0 Å². The molecule has 0 bridgehead atoms. The molecule has 1 aromatic rings. The van der Waals surface area contributed by atoms with Gasteiger partial charge in [-0.15, -0.1) is 0 Å². The van der Waals surface area contributed by atoms with Crippen LogP contribution in [-0.2, 0) is 14.4 Å². The standard InChI is InChI=1S/C18H15N3O5/c1-9(22)26-11-6-4-10(5-7-11)16(23)15-14-13(17(24)20-18(14)25)12-3-2-8-19-21(12)15/h2-8,12-15H,1H3,(H,20,24,25)/t12-,13-,14-,15-/m0/s1. The van der Waals surface area contributed by atoms with E-state index in [0.29, 0.717) is 11.3 Å². The molecule has 132 valence electrons. The minimum Gasteiger partial charge on any atom is -0.427 e. The van der Waals surface area contributed by atoms with E-state index in [1.54, 1.807) is 12.2 Å². The zero-order valence-corrected chi connectivity index (χ0v) is 13.8. The number of nitrogens with zero attached hydrogens (tertiary/aromatic N) is 2. The van der Waals surface area contributed by atoms with Gasteiger partial charge in [-0.05, 0) is 30.3 Å². The number of nitrogens with one attached hydrogen (secondary N) is 1. The fraction of sp³-hybridized carbons (Fsp3) is 0.278. The summed E-state index contributed by atoms with van der Waals surface area (Å²) in [5.41, 5.74) is 0.349. The largest absolute Gasteiger partial charge is 0.427 e. The number of Topliss-reactive ketones (excluding diaryl/α,β-unsaturated/α-hetero) is 1. The first kappa shape index (κ1) is 16.2. The number of hydrogen-bond donors (Lipinski definition) is 1. The van der Waals surface area contributed by atoms with Crippen molar-refractivity contribution in [2.45, 2.75) is 19.0 Å². The number of allylic oxidation sites excluding steroid dienone is 1. The first-order chi connectivity index (χ1) is 12.5. The van der Waals surface area contributed by atoms with E-state index in [1.165, 1.54) is 42.4 Å². The third kappa shape index (κ3) is 2.42. The molecule has 2 fully saturated rings. The monoisotopic (exact) mass is 353 g/mol. The highest BCUT2D eigenvalue weighted by atomic mass is 16.5. The first-order valence-electron chi connectivity index (χ1n) is 8.14. The summed E-state index contributed by atoms with van der Waals surface area (Å²) in [4.78, 5) is 48.5. The van der Waals surface area contributed by atoms with Crippen LogP contribution in [0.15, 0.2) is 41.5 Å². The van der Waals surface area contributed by atoms with Crippen molar-refractivity contribution in [1.82, 2.24) is 10.3 Å². The van der Waals surface area contributed by atoms with E-state index in [-0.39, 0.29) is 11.7 Å². The molecule has 0 aliphatic carbocycles. The van der Waals surface area contributed by atoms with E-state index in [9.17, 15) is 19.2 Å². The molecule has 1 N–H and O–H groups in total. The molecule has 0 spiro atoms. The number of ether oxygens (including phenoxy) is 1. The molecule has 26 heavy (non-hydrogen) atoms. The fourth-order valence-electron chi connectivity index (χ4n) is 3.78. The van der Waals surface area contributed by atoms with Gasteiger partial charge in [-0.3, -0.25) is 29.5 Å². The van der Waals surface area contributed by atoms with E-state index < -0.39 is 35.8 Å². The van der Waals surface area contributed by atoms with Crippen molar-refractivity contribution in [1.29, 1.82) is 0 Å². The van der Waals surface area contributed by atoms with Crippen LogP contribution in [0.2, 0.25) is 0 Å². The molecule has 0 unspecified atom stereocenters. The van der Waals surface area contributed by atoms with Crippen molar-refractivity contribution in [2.24, 2.45) is 16.9 Å². The van der Waals surface area contributed by atoms with Gasteiger partial charge in [0.15, 0.2) is 5.78 Å². The molecule has 8 heteroatoms. The molecule has 0 saturated carbocycles. The Balaban J connectivity index is 1.67. The lowest BCUT2D eigenvalue weighted by atomic mass is 9.86. The van der Waals surface area contributed by atoms with Crippen molar-refractivity contribution in [3.63, 3.8) is 0 Å². The number of rotatable bonds is 3. The Morgan fingerprint density at radius 2 is 1.81 bits per heavy atom. The molecule has 2 saturated heterocycles. The zero-order valence-electron chi connectivity index (χ0n) is 13.8. The van der Waals surface area contributed by atoms with E-state index in [4.69, 9.17) is 4.74 Å². The summed E-state index contributed by atoms with van der Waals surface area (Å²) in [6, 6.07) is 4.79. The van der Waals surface area contributed by atoms with Gasteiger partial charge in [-0.1, -0.05) is 6.08 Å². The second kappa shape index (κ2) is 5.91. The average Bonchev–Trinajstić information content (AvgIpc) is 3.10. The Labute approximate surface area is 148 Å². The molecular weight excluding hydrogens is 338 g/mol. The lowest BCUT2D eigenvalue weighted by Gasteiger charge is -2.28. The second-order valence-electron chi connectivity index (χ2n) is 6.35. The average molecular weight is 353 g/mol. The number of esters is 1. The quantitative estimate of drug-likeness (QED) is 0.362. The Morgan fingerprint density at radius 3 is 2.50 bits per heavy atom. The van der Waals surface area contributed by atoms with Crippen molar-refractivity contribution >= 4 is 29.8 Å². The smallest absolute Gasteiger partial charge is 0.308 e. The Morgan fingerprint density at radius 1 is 1.12 bits per heavy atom. The normalized spacial score (nSPS) is 28.6. The number of ketones is 1. The molecule has 4 rings (SSSR count). The fourth-order valence-corrected chi connectivity index (χ4v) is 3.78. The lowest BCUT2D eigenvalue weighted by molar-refractivity contribution is -0.132. The molecule has 1 aromatic carbocycles. The van der Waals surface area contributed by atoms with E-state index in [1.807, 2.05) is 0 Å². The topological polar surface area (TPSA) is 105 Å². The van der Waals surface area contributed by atoms with Crippen LogP contribution >= 0.6 is 0 Å². The van der Waals surface area contributed by atoms with E-state index in [0.717, 1.165) is 0 Å². The maximum atomic E-state index is 13.1. The number of fused-ring (bicyclic) bond motifs is 3. The van der Waals surface area contributed by atoms with Gasteiger partial charge in [-0.25, -0.2) is 0 Å². The summed E-state index contributed by atoms with van der Waals surface area (Å²) in [5.74, 6) is -2.69. The van der Waals surface area contributed by atoms with Gasteiger partial charge in [-0.2, -0.15) is 5.10 Å². The van der Waals surface area contributed by atoms with Gasteiger partial charge in [0.1, 0.15) is 11.8 Å². The predicted octanol–water partition coefficient (Wildman–Crippen LogP) is 0.292. The second-order valence-corrected chi connectivity index (χ2v) is 6.35. The Hall–Kier alpha value is -3.29. The molecule has 8 nitrogen and oxygen atoms in total.